The summed E-state index contributed by atoms with van der Waals surface area (Å²) in [6.07, 6.45) is 6.79. The van der Waals surface area contributed by atoms with Crippen LogP contribution in [0.2, 0.25) is 0 Å². The van der Waals surface area contributed by atoms with Gasteiger partial charge in [0.25, 0.3) is 0 Å². The Balaban J connectivity index is 1.01. The number of aromatic nitrogens is 3. The number of nitrogens with zero attached hydrogens (tertiary/aromatic N) is 4. The minimum atomic E-state index is 0.276. The van der Waals surface area contributed by atoms with Crippen molar-refractivity contribution >= 4 is 22.7 Å². The van der Waals surface area contributed by atoms with Crippen LogP contribution in [0.4, 0.5) is 22.7 Å². The molecule has 1 saturated carbocycles. The van der Waals surface area contributed by atoms with Gasteiger partial charge in [0, 0.05) is 28.1 Å². The fourth-order valence-electron chi connectivity index (χ4n) is 7.81. The molecule has 0 saturated heterocycles. The molecule has 3 N–H and O–H groups in total. The van der Waals surface area contributed by atoms with Gasteiger partial charge in [-0.2, -0.15) is 0 Å². The van der Waals surface area contributed by atoms with Gasteiger partial charge in [0.1, 0.15) is 6.17 Å². The number of anilines is 4. The van der Waals surface area contributed by atoms with Crippen LogP contribution < -0.4 is 16.0 Å². The number of rotatable bonds is 7. The highest BCUT2D eigenvalue weighted by molar-refractivity contribution is 5.84. The molecule has 0 amide bonds. The Hall–Kier alpha value is -6.27. The molecule has 2 heterocycles. The summed E-state index contributed by atoms with van der Waals surface area (Å²) in [7, 11) is 0. The van der Waals surface area contributed by atoms with Crippen molar-refractivity contribution in [1.29, 1.82) is 0 Å². The van der Waals surface area contributed by atoms with Crippen molar-refractivity contribution in [2.75, 3.05) is 16.0 Å². The monoisotopic (exact) mass is 676 g/mol. The van der Waals surface area contributed by atoms with E-state index in [9.17, 15) is 0 Å². The maximum Gasteiger partial charge on any atom is 0.164 e. The van der Waals surface area contributed by atoms with Gasteiger partial charge in [0.2, 0.25) is 0 Å². The highest BCUT2D eigenvalue weighted by Gasteiger charge is 2.36. The van der Waals surface area contributed by atoms with E-state index >= 15 is 0 Å². The van der Waals surface area contributed by atoms with Crippen molar-refractivity contribution in [3.05, 3.63) is 152 Å². The van der Waals surface area contributed by atoms with E-state index in [2.05, 4.69) is 95.1 Å². The lowest BCUT2D eigenvalue weighted by atomic mass is 9.86. The first-order chi connectivity index (χ1) is 25.7. The lowest BCUT2D eigenvalue weighted by molar-refractivity contribution is 0.323. The van der Waals surface area contributed by atoms with Crippen LogP contribution in [-0.4, -0.2) is 21.1 Å². The Bertz CT molecular complexity index is 2260. The number of benzene rings is 6. The lowest BCUT2D eigenvalue weighted by Crippen LogP contribution is -2.39. The molecule has 52 heavy (non-hydrogen) atoms. The maximum absolute atomic E-state index is 6.54. The molecule has 6 nitrogen and oxygen atoms in total. The van der Waals surface area contributed by atoms with Crippen LogP contribution >= 0.6 is 0 Å². The van der Waals surface area contributed by atoms with Crippen LogP contribution in [0.3, 0.4) is 0 Å². The molecule has 1 unspecified atom stereocenters. The van der Waals surface area contributed by atoms with Gasteiger partial charge in [-0.15, -0.1) is 0 Å². The largest absolute Gasteiger partial charge is 0.399 e. The molecule has 1 aromatic heterocycles. The number of hydrogen-bond donors (Lipinski definition) is 2. The first-order valence-electron chi connectivity index (χ1n) is 18.3. The SMILES string of the molecule is Nc1cc(-c2ccc(-c3nc(-c4ccccc4)nc(-c4ccccc4)n3)cc2)cc(-c2ccc(N3c4ccccc4NC3C3CCCCC3)cc2)c1. The van der Waals surface area contributed by atoms with Crippen molar-refractivity contribution < 1.29 is 0 Å². The average Bonchev–Trinajstić information content (AvgIpc) is 3.61. The van der Waals surface area contributed by atoms with Gasteiger partial charge in [-0.1, -0.05) is 128 Å². The van der Waals surface area contributed by atoms with Gasteiger partial charge in [-0.25, -0.2) is 15.0 Å². The predicted molar refractivity (Wildman–Crippen MR) is 214 cm³/mol. The second kappa shape index (κ2) is 13.8. The topological polar surface area (TPSA) is 80.0 Å². The van der Waals surface area contributed by atoms with E-state index in [1.165, 1.54) is 49.2 Å². The number of para-hydroxylation sites is 2. The van der Waals surface area contributed by atoms with Gasteiger partial charge in [-0.05, 0) is 83.5 Å². The third kappa shape index (κ3) is 6.28. The van der Waals surface area contributed by atoms with Crippen molar-refractivity contribution in [3.8, 4) is 56.4 Å². The molecule has 7 aromatic rings. The fourth-order valence-corrected chi connectivity index (χ4v) is 7.81. The van der Waals surface area contributed by atoms with Crippen LogP contribution in [-0.2, 0) is 0 Å². The van der Waals surface area contributed by atoms with E-state index in [-0.39, 0.29) is 6.17 Å². The molecule has 1 fully saturated rings. The zero-order valence-corrected chi connectivity index (χ0v) is 29.0. The molecule has 9 rings (SSSR count). The van der Waals surface area contributed by atoms with Crippen LogP contribution in [0.25, 0.3) is 56.4 Å². The summed E-state index contributed by atoms with van der Waals surface area (Å²) in [6, 6.07) is 52.5. The number of hydrogen-bond acceptors (Lipinski definition) is 6. The normalized spacial score (nSPS) is 15.6. The van der Waals surface area contributed by atoms with Gasteiger partial charge >= 0.3 is 0 Å². The van der Waals surface area contributed by atoms with Crippen LogP contribution in [0.5, 0.6) is 0 Å². The van der Waals surface area contributed by atoms with E-state index in [1.54, 1.807) is 0 Å². The van der Waals surface area contributed by atoms with Gasteiger partial charge < -0.3 is 16.0 Å². The zero-order chi connectivity index (χ0) is 34.9. The number of nitrogen functional groups attached to an aromatic ring is 1. The highest BCUT2D eigenvalue weighted by Crippen LogP contribution is 2.45. The Kier molecular flexibility index (Phi) is 8.41. The Morgan fingerprint density at radius 1 is 0.481 bits per heavy atom. The van der Waals surface area contributed by atoms with Crippen molar-refractivity contribution in [2.24, 2.45) is 5.92 Å². The highest BCUT2D eigenvalue weighted by atomic mass is 15.3. The standard InChI is InChI=1S/C46H40N6/c47-39-29-37(31-20-22-35(23-21-31)45-50-43(33-12-4-1-5-13-33)49-44(51-45)34-14-6-2-7-15-34)28-38(30-39)32-24-26-40(27-25-32)52-42-19-11-10-18-41(42)48-46(52)36-16-8-3-9-17-36/h1-2,4-7,10-15,18-30,36,46,48H,3,8-9,16-17,47H2. The quantitative estimate of drug-likeness (QED) is 0.164. The summed E-state index contributed by atoms with van der Waals surface area (Å²) in [6.45, 7) is 0. The molecule has 6 heteroatoms. The molecule has 0 radical (unpaired) electrons. The third-order valence-electron chi connectivity index (χ3n) is 10.5. The van der Waals surface area contributed by atoms with Crippen molar-refractivity contribution in [3.63, 3.8) is 0 Å². The van der Waals surface area contributed by atoms with E-state index in [0.717, 1.165) is 44.6 Å². The van der Waals surface area contributed by atoms with E-state index in [1.807, 2.05) is 66.7 Å². The molecule has 1 atom stereocenters. The van der Waals surface area contributed by atoms with E-state index in [0.29, 0.717) is 23.4 Å². The summed E-state index contributed by atoms with van der Waals surface area (Å²) >= 11 is 0. The number of nitrogens with two attached hydrogens (primary N) is 1. The van der Waals surface area contributed by atoms with E-state index < -0.39 is 0 Å². The molecule has 0 spiro atoms. The molecule has 6 aromatic carbocycles. The van der Waals surface area contributed by atoms with Crippen molar-refractivity contribution in [1.82, 2.24) is 15.0 Å². The lowest BCUT2D eigenvalue weighted by Gasteiger charge is -2.35. The van der Waals surface area contributed by atoms with Gasteiger partial charge in [0.15, 0.2) is 17.5 Å². The second-order valence-electron chi connectivity index (χ2n) is 13.9. The fraction of sp³-hybridized carbons (Fsp3) is 0.152. The molecular formula is C46H40N6. The minimum absolute atomic E-state index is 0.276. The molecule has 1 aliphatic heterocycles. The van der Waals surface area contributed by atoms with E-state index in [4.69, 9.17) is 20.7 Å². The smallest absolute Gasteiger partial charge is 0.164 e. The third-order valence-corrected chi connectivity index (χ3v) is 10.5. The summed E-state index contributed by atoms with van der Waals surface area (Å²) in [5, 5.41) is 3.87. The predicted octanol–water partition coefficient (Wildman–Crippen LogP) is 11.3. The Morgan fingerprint density at radius 2 is 0.962 bits per heavy atom. The zero-order valence-electron chi connectivity index (χ0n) is 29.0. The Labute approximate surface area is 305 Å². The number of nitrogens with one attached hydrogen (secondary N) is 1. The van der Waals surface area contributed by atoms with Gasteiger partial charge in [0.05, 0.1) is 11.4 Å². The molecule has 0 bridgehead atoms. The molecule has 2 aliphatic rings. The summed E-state index contributed by atoms with van der Waals surface area (Å²) in [5.74, 6) is 2.56. The van der Waals surface area contributed by atoms with Crippen LogP contribution in [0.15, 0.2) is 152 Å². The summed E-state index contributed by atoms with van der Waals surface area (Å²) in [4.78, 5) is 17.1. The molecule has 1 aliphatic carbocycles. The molecule has 254 valence electrons. The van der Waals surface area contributed by atoms with Gasteiger partial charge in [-0.3, -0.25) is 0 Å². The second-order valence-corrected chi connectivity index (χ2v) is 13.9. The average molecular weight is 677 g/mol. The summed E-state index contributed by atoms with van der Waals surface area (Å²) < 4.78 is 0. The number of fused-ring (bicyclic) bond motifs is 1. The van der Waals surface area contributed by atoms with Crippen molar-refractivity contribution in [2.45, 2.75) is 38.3 Å². The Morgan fingerprint density at radius 3 is 1.54 bits per heavy atom. The summed E-state index contributed by atoms with van der Waals surface area (Å²) in [5.41, 5.74) is 18.1. The van der Waals surface area contributed by atoms with Crippen LogP contribution in [0.1, 0.15) is 32.1 Å². The minimum Gasteiger partial charge on any atom is -0.399 e. The first kappa shape index (κ1) is 31.7. The maximum atomic E-state index is 6.54. The molecular weight excluding hydrogens is 637 g/mol. The first-order valence-corrected chi connectivity index (χ1v) is 18.3. The van der Waals surface area contributed by atoms with Crippen LogP contribution in [0, 0.1) is 5.92 Å².